The van der Waals surface area contributed by atoms with Crippen LogP contribution in [-0.2, 0) is 0 Å². The van der Waals surface area contributed by atoms with E-state index >= 15 is 0 Å². The number of benzene rings is 1. The summed E-state index contributed by atoms with van der Waals surface area (Å²) in [6.45, 7) is 2.32. The Morgan fingerprint density at radius 2 is 2.06 bits per heavy atom. The third kappa shape index (κ3) is 2.53. The summed E-state index contributed by atoms with van der Waals surface area (Å²) in [6.07, 6.45) is 1.02. The Balaban J connectivity index is 2.36. The highest BCUT2D eigenvalue weighted by Crippen LogP contribution is 2.20. The van der Waals surface area contributed by atoms with Crippen LogP contribution in [0, 0.1) is 5.82 Å². The number of ether oxygens (including phenoxy) is 1. The second-order valence-electron chi connectivity index (χ2n) is 3.62. The maximum Gasteiger partial charge on any atom is 0.215 e. The number of para-hydroxylation sites is 1. The zero-order valence-electron chi connectivity index (χ0n) is 9.89. The molecule has 0 bridgehead atoms. The number of pyridine rings is 1. The quantitative estimate of drug-likeness (QED) is 0.777. The van der Waals surface area contributed by atoms with Crippen molar-refractivity contribution in [3.63, 3.8) is 0 Å². The van der Waals surface area contributed by atoms with Gasteiger partial charge in [-0.15, -0.1) is 0 Å². The molecule has 0 aliphatic carbocycles. The molecule has 0 radical (unpaired) electrons. The fourth-order valence-corrected chi connectivity index (χ4v) is 1.58. The van der Waals surface area contributed by atoms with Crippen molar-refractivity contribution in [3.8, 4) is 5.75 Å². The van der Waals surface area contributed by atoms with E-state index in [0.717, 1.165) is 6.20 Å². The van der Waals surface area contributed by atoms with Crippen LogP contribution in [0.5, 0.6) is 5.75 Å². The average molecular weight is 245 g/mol. The van der Waals surface area contributed by atoms with Crippen molar-refractivity contribution >= 4 is 5.78 Å². The van der Waals surface area contributed by atoms with Gasteiger partial charge in [0, 0.05) is 0 Å². The van der Waals surface area contributed by atoms with Crippen molar-refractivity contribution in [1.29, 1.82) is 0 Å². The molecule has 1 heterocycles. The van der Waals surface area contributed by atoms with Gasteiger partial charge in [0.2, 0.25) is 5.78 Å². The van der Waals surface area contributed by atoms with Crippen LogP contribution in [0.3, 0.4) is 0 Å². The minimum atomic E-state index is -0.468. The van der Waals surface area contributed by atoms with Gasteiger partial charge in [0.1, 0.15) is 17.3 Å². The summed E-state index contributed by atoms with van der Waals surface area (Å²) in [5.41, 5.74) is 0.627. The van der Waals surface area contributed by atoms with E-state index in [1.54, 1.807) is 24.3 Å². The van der Waals surface area contributed by atoms with Gasteiger partial charge in [0.05, 0.1) is 18.4 Å². The first-order chi connectivity index (χ1) is 8.72. The lowest BCUT2D eigenvalue weighted by Crippen LogP contribution is -2.07. The molecule has 0 N–H and O–H groups in total. The highest BCUT2D eigenvalue weighted by Gasteiger charge is 2.15. The summed E-state index contributed by atoms with van der Waals surface area (Å²) < 4.78 is 18.1. The maximum atomic E-state index is 12.8. The number of hydrogen-bond acceptors (Lipinski definition) is 3. The molecule has 18 heavy (non-hydrogen) atoms. The van der Waals surface area contributed by atoms with E-state index in [9.17, 15) is 9.18 Å². The largest absolute Gasteiger partial charge is 0.493 e. The molecule has 0 saturated heterocycles. The molecular formula is C14H12FNO2. The van der Waals surface area contributed by atoms with E-state index in [1.165, 1.54) is 12.1 Å². The summed E-state index contributed by atoms with van der Waals surface area (Å²) in [5, 5.41) is 0. The van der Waals surface area contributed by atoms with Crippen LogP contribution in [0.1, 0.15) is 23.0 Å². The number of carbonyl (C=O) groups is 1. The van der Waals surface area contributed by atoms with Crippen LogP contribution >= 0.6 is 0 Å². The third-order valence-corrected chi connectivity index (χ3v) is 2.39. The van der Waals surface area contributed by atoms with E-state index in [-0.39, 0.29) is 11.5 Å². The molecule has 0 spiro atoms. The van der Waals surface area contributed by atoms with Crippen molar-refractivity contribution in [1.82, 2.24) is 4.98 Å². The minimum Gasteiger partial charge on any atom is -0.493 e. The zero-order chi connectivity index (χ0) is 13.0. The van der Waals surface area contributed by atoms with Gasteiger partial charge in [-0.3, -0.25) is 4.79 Å². The van der Waals surface area contributed by atoms with Crippen LogP contribution in [0.25, 0.3) is 0 Å². The lowest BCUT2D eigenvalue weighted by atomic mass is 10.1. The van der Waals surface area contributed by atoms with Crippen LogP contribution in [0.2, 0.25) is 0 Å². The van der Waals surface area contributed by atoms with Crippen molar-refractivity contribution in [2.24, 2.45) is 0 Å². The highest BCUT2D eigenvalue weighted by molar-refractivity contribution is 6.09. The normalized spacial score (nSPS) is 10.1. The Morgan fingerprint density at radius 1 is 1.28 bits per heavy atom. The molecule has 0 atom stereocenters. The zero-order valence-corrected chi connectivity index (χ0v) is 9.89. The lowest BCUT2D eigenvalue weighted by molar-refractivity contribution is 0.103. The molecule has 2 aromatic rings. The monoisotopic (exact) mass is 245 g/mol. The van der Waals surface area contributed by atoms with E-state index in [4.69, 9.17) is 4.74 Å². The Labute approximate surface area is 104 Å². The van der Waals surface area contributed by atoms with Crippen LogP contribution in [-0.4, -0.2) is 17.4 Å². The Hall–Kier alpha value is -2.23. The van der Waals surface area contributed by atoms with Crippen LogP contribution < -0.4 is 4.74 Å². The van der Waals surface area contributed by atoms with Gasteiger partial charge in [-0.1, -0.05) is 12.1 Å². The molecule has 3 nitrogen and oxygen atoms in total. The summed E-state index contributed by atoms with van der Waals surface area (Å²) in [6, 6.07) is 9.50. The third-order valence-electron chi connectivity index (χ3n) is 2.39. The molecule has 0 saturated carbocycles. The lowest BCUT2D eigenvalue weighted by Gasteiger charge is -2.08. The van der Waals surface area contributed by atoms with E-state index < -0.39 is 5.82 Å². The number of hydrogen-bond donors (Lipinski definition) is 0. The van der Waals surface area contributed by atoms with Gasteiger partial charge in [-0.25, -0.2) is 9.37 Å². The molecule has 2 rings (SSSR count). The number of carbonyl (C=O) groups excluding carboxylic acids is 1. The van der Waals surface area contributed by atoms with Crippen molar-refractivity contribution < 1.29 is 13.9 Å². The van der Waals surface area contributed by atoms with Crippen molar-refractivity contribution in [2.45, 2.75) is 6.92 Å². The number of nitrogens with zero attached hydrogens (tertiary/aromatic N) is 1. The maximum absolute atomic E-state index is 12.8. The van der Waals surface area contributed by atoms with Crippen LogP contribution in [0.4, 0.5) is 4.39 Å². The number of halogens is 1. The van der Waals surface area contributed by atoms with Gasteiger partial charge in [-0.05, 0) is 31.2 Å². The highest BCUT2D eigenvalue weighted by atomic mass is 19.1. The number of rotatable bonds is 4. The molecule has 0 amide bonds. The first kappa shape index (κ1) is 12.2. The summed E-state index contributed by atoms with van der Waals surface area (Å²) >= 11 is 0. The molecule has 0 aliphatic rings. The summed E-state index contributed by atoms with van der Waals surface area (Å²) in [5.74, 6) is -0.236. The molecule has 1 aromatic heterocycles. The number of aromatic nitrogens is 1. The fraction of sp³-hybridized carbons (Fsp3) is 0.143. The topological polar surface area (TPSA) is 39.2 Å². The summed E-state index contributed by atoms with van der Waals surface area (Å²) in [7, 11) is 0. The van der Waals surface area contributed by atoms with E-state index in [1.807, 2.05) is 6.92 Å². The number of ketones is 1. The second-order valence-corrected chi connectivity index (χ2v) is 3.62. The SMILES string of the molecule is CCOc1ccccc1C(=O)c1ccc(F)cn1. The van der Waals surface area contributed by atoms with Gasteiger partial charge in [0.15, 0.2) is 0 Å². The first-order valence-corrected chi connectivity index (χ1v) is 5.60. The predicted molar refractivity (Wildman–Crippen MR) is 65.2 cm³/mol. The van der Waals surface area contributed by atoms with Gasteiger partial charge >= 0.3 is 0 Å². The van der Waals surface area contributed by atoms with E-state index in [0.29, 0.717) is 17.9 Å². The standard InChI is InChI=1S/C14H12FNO2/c1-2-18-13-6-4-3-5-11(13)14(17)12-8-7-10(15)9-16-12/h3-9H,2H2,1H3. The molecule has 0 aliphatic heterocycles. The van der Waals surface area contributed by atoms with E-state index in [2.05, 4.69) is 4.98 Å². The first-order valence-electron chi connectivity index (χ1n) is 5.60. The molecule has 1 aromatic carbocycles. The Morgan fingerprint density at radius 3 is 2.72 bits per heavy atom. The molecule has 92 valence electrons. The fourth-order valence-electron chi connectivity index (χ4n) is 1.58. The molecule has 0 unspecified atom stereocenters. The Kier molecular flexibility index (Phi) is 3.67. The van der Waals surface area contributed by atoms with Gasteiger partial charge in [-0.2, -0.15) is 0 Å². The van der Waals surface area contributed by atoms with Crippen molar-refractivity contribution in [3.05, 3.63) is 59.7 Å². The predicted octanol–water partition coefficient (Wildman–Crippen LogP) is 2.85. The second kappa shape index (κ2) is 5.40. The average Bonchev–Trinajstić information content (AvgIpc) is 2.40. The molecule has 4 heteroatoms. The van der Waals surface area contributed by atoms with Gasteiger partial charge in [0.25, 0.3) is 0 Å². The van der Waals surface area contributed by atoms with Crippen LogP contribution in [0.15, 0.2) is 42.6 Å². The van der Waals surface area contributed by atoms with Gasteiger partial charge < -0.3 is 4.74 Å². The smallest absolute Gasteiger partial charge is 0.215 e. The molecule has 0 fully saturated rings. The molecular weight excluding hydrogens is 233 g/mol. The summed E-state index contributed by atoms with van der Waals surface area (Å²) in [4.78, 5) is 16.0. The Bertz CT molecular complexity index is 552. The van der Waals surface area contributed by atoms with Crippen molar-refractivity contribution in [2.75, 3.05) is 6.61 Å². The minimum absolute atomic E-state index is 0.198.